The number of hydrogen-bond acceptors (Lipinski definition) is 8. The van der Waals surface area contributed by atoms with Gasteiger partial charge in [0.15, 0.2) is 0 Å². The number of amides is 2. The Bertz CT molecular complexity index is 1080. The van der Waals surface area contributed by atoms with E-state index in [4.69, 9.17) is 5.11 Å². The summed E-state index contributed by atoms with van der Waals surface area (Å²) in [4.78, 5) is 54.0. The topological polar surface area (TPSA) is 117 Å². The number of aliphatic carboxylic acids is 1. The van der Waals surface area contributed by atoms with Crippen LogP contribution in [0.2, 0.25) is 0 Å². The molecule has 0 saturated carbocycles. The van der Waals surface area contributed by atoms with Gasteiger partial charge in [-0.1, -0.05) is 12.6 Å². The predicted octanol–water partition coefficient (Wildman–Crippen LogP) is 2.03. The molecule has 0 spiro atoms. The molecule has 2 atom stereocenters. The van der Waals surface area contributed by atoms with Gasteiger partial charge in [0.25, 0.3) is 5.91 Å². The number of thiophene rings is 1. The highest BCUT2D eigenvalue weighted by Crippen LogP contribution is 2.44. The molecule has 162 valence electrons. The van der Waals surface area contributed by atoms with Crippen molar-refractivity contribution in [1.29, 1.82) is 0 Å². The molecule has 2 N–H and O–H groups in total. The zero-order chi connectivity index (χ0) is 22.1. The van der Waals surface area contributed by atoms with Crippen LogP contribution in [0.4, 0.5) is 0 Å². The van der Waals surface area contributed by atoms with E-state index in [1.165, 1.54) is 39.3 Å². The molecule has 31 heavy (non-hydrogen) atoms. The Morgan fingerprint density at radius 2 is 2.13 bits per heavy atom. The molecule has 2 aromatic rings. The van der Waals surface area contributed by atoms with Crippen LogP contribution in [0.3, 0.4) is 0 Å². The van der Waals surface area contributed by atoms with Crippen LogP contribution >= 0.6 is 47.1 Å². The minimum atomic E-state index is -0.908. The summed E-state index contributed by atoms with van der Waals surface area (Å²) in [6.45, 7) is 0. The zero-order valence-corrected chi connectivity index (χ0v) is 19.3. The molecule has 2 aliphatic heterocycles. The van der Waals surface area contributed by atoms with Gasteiger partial charge in [0.05, 0.1) is 18.5 Å². The lowest BCUT2D eigenvalue weighted by Crippen LogP contribution is -2.70. The monoisotopic (exact) mass is 495 g/mol. The number of rotatable bonds is 8. The van der Waals surface area contributed by atoms with E-state index in [1.54, 1.807) is 5.38 Å². The summed E-state index contributed by atoms with van der Waals surface area (Å²) in [6, 6.07) is 1.17. The molecular formula is C19H17N3O5S4. The summed E-state index contributed by atoms with van der Waals surface area (Å²) in [5, 5.41) is 16.8. The highest BCUT2D eigenvalue weighted by atomic mass is 32.2. The molecule has 2 aliphatic rings. The van der Waals surface area contributed by atoms with Crippen molar-refractivity contribution in [1.82, 2.24) is 15.2 Å². The lowest BCUT2D eigenvalue weighted by atomic mass is 10.0. The lowest BCUT2D eigenvalue weighted by molar-refractivity contribution is -0.146. The molecule has 8 nitrogen and oxygen atoms in total. The van der Waals surface area contributed by atoms with Gasteiger partial charge in [-0.05, 0) is 22.4 Å². The number of aromatic nitrogens is 1. The Balaban J connectivity index is 1.50. The first kappa shape index (κ1) is 22.1. The van der Waals surface area contributed by atoms with Gasteiger partial charge in [0.2, 0.25) is 11.0 Å². The molecule has 1 saturated heterocycles. The quantitative estimate of drug-likeness (QED) is 0.379. The van der Waals surface area contributed by atoms with Crippen molar-refractivity contribution < 1.29 is 24.3 Å². The number of hydrogen-bond donors (Lipinski definition) is 3. The maximum absolute atomic E-state index is 12.8. The van der Waals surface area contributed by atoms with Crippen LogP contribution < -0.4 is 5.32 Å². The Kier molecular flexibility index (Phi) is 6.51. The molecule has 0 bridgehead atoms. The highest BCUT2D eigenvalue weighted by Gasteiger charge is 2.54. The van der Waals surface area contributed by atoms with E-state index >= 15 is 0 Å². The van der Waals surface area contributed by atoms with E-state index in [0.717, 1.165) is 5.56 Å². The number of aryl methyl sites for hydroxylation is 1. The van der Waals surface area contributed by atoms with E-state index in [0.29, 0.717) is 28.4 Å². The van der Waals surface area contributed by atoms with E-state index < -0.39 is 17.1 Å². The number of carboxylic acid groups (broad SMARTS) is 1. The molecule has 1 fully saturated rings. The number of carboxylic acids is 1. The van der Waals surface area contributed by atoms with Crippen molar-refractivity contribution in [3.63, 3.8) is 0 Å². The van der Waals surface area contributed by atoms with Gasteiger partial charge in [-0.3, -0.25) is 24.1 Å². The average Bonchev–Trinajstić information content (AvgIpc) is 3.41. The van der Waals surface area contributed by atoms with Gasteiger partial charge in [0, 0.05) is 23.1 Å². The molecule has 0 aliphatic carbocycles. The standard InChI is InChI=1S/C19H17N3O5S4/c23-12(5-9-3-4-29-6-9)21-14-17(26)22-15(19(27)28)11(8-31-18(14)22)16-20-10(7-30-16)1-2-13(24)25/h3-4,6-7,14,18H,1-2,5,8H2,(H,21,23)(H,24,25)(H,27,28)/t14-,18-/m1/s1. The van der Waals surface area contributed by atoms with Crippen LogP contribution in [0.25, 0.3) is 5.57 Å². The minimum Gasteiger partial charge on any atom is -0.481 e. The van der Waals surface area contributed by atoms with Crippen molar-refractivity contribution in [2.45, 2.75) is 30.7 Å². The van der Waals surface area contributed by atoms with Gasteiger partial charge < -0.3 is 10.4 Å². The van der Waals surface area contributed by atoms with Crippen LogP contribution in [-0.2, 0) is 32.0 Å². The fourth-order valence-corrected chi connectivity index (χ4v) is 6.63. The van der Waals surface area contributed by atoms with Crippen LogP contribution in [-0.4, -0.2) is 55.1 Å². The minimum absolute atomic E-state index is 0.0330. The van der Waals surface area contributed by atoms with E-state index in [1.807, 2.05) is 16.8 Å². The third-order valence-corrected chi connectivity index (χ3v) is 8.01. The summed E-state index contributed by atoms with van der Waals surface area (Å²) in [6.07, 6.45) is 0.455. The first-order valence-corrected chi connectivity index (χ1v) is 12.5. The van der Waals surface area contributed by atoms with Crippen LogP contribution in [0, 0.1) is 0 Å². The largest absolute Gasteiger partial charge is 0.481 e. The summed E-state index contributed by atoms with van der Waals surface area (Å²) in [5.41, 5.74) is 2.29. The van der Waals surface area contributed by atoms with Crippen molar-refractivity contribution in [3.8, 4) is 0 Å². The van der Waals surface area contributed by atoms with Gasteiger partial charge in [-0.25, -0.2) is 4.98 Å². The second-order valence-corrected chi connectivity index (χ2v) is 10.1. The maximum atomic E-state index is 12.8. The number of nitrogens with one attached hydrogen (secondary N) is 1. The van der Waals surface area contributed by atoms with Gasteiger partial charge >= 0.3 is 5.97 Å². The number of thioether (sulfide) groups is 1. The number of thiol groups is 1. The van der Waals surface area contributed by atoms with Gasteiger partial charge in [0.1, 0.15) is 22.1 Å². The molecule has 4 rings (SSSR count). The third-order valence-electron chi connectivity index (χ3n) is 4.84. The van der Waals surface area contributed by atoms with Crippen LogP contribution in [0.15, 0.2) is 27.9 Å². The van der Waals surface area contributed by atoms with Gasteiger partial charge in [-0.15, -0.1) is 23.1 Å². The summed E-state index contributed by atoms with van der Waals surface area (Å²) >= 11 is 8.22. The Labute approximate surface area is 195 Å². The number of nitrogens with zero attached hydrogens (tertiary/aromatic N) is 2. The third kappa shape index (κ3) is 4.56. The van der Waals surface area contributed by atoms with Crippen LogP contribution in [0.1, 0.15) is 22.7 Å². The maximum Gasteiger partial charge on any atom is 0.303 e. The molecule has 2 amide bonds. The predicted molar refractivity (Wildman–Crippen MR) is 122 cm³/mol. The SMILES string of the molecule is O=C(O)CCc1csc(C2=C(C(=O)S)N3C(=O)[C@@H](NC(=O)Cc4ccsc4)[C@H]3SC2)n1. The first-order chi connectivity index (χ1) is 14.8. The van der Waals surface area contributed by atoms with Crippen molar-refractivity contribution in [3.05, 3.63) is 44.2 Å². The van der Waals surface area contributed by atoms with E-state index in [2.05, 4.69) is 22.9 Å². The smallest absolute Gasteiger partial charge is 0.303 e. The van der Waals surface area contributed by atoms with E-state index in [-0.39, 0.29) is 35.7 Å². The summed E-state index contributed by atoms with van der Waals surface area (Å²) in [5.74, 6) is -1.07. The molecule has 12 heteroatoms. The number of β-lactam (4-membered cyclic amide) rings is 1. The average molecular weight is 496 g/mol. The van der Waals surface area contributed by atoms with Crippen LogP contribution in [0.5, 0.6) is 0 Å². The second-order valence-electron chi connectivity index (χ2n) is 6.93. The molecular weight excluding hydrogens is 478 g/mol. The number of thiazole rings is 1. The second kappa shape index (κ2) is 9.15. The molecule has 0 unspecified atom stereocenters. The first-order valence-electron chi connectivity index (χ1n) is 9.23. The molecule has 0 radical (unpaired) electrons. The normalized spacial score (nSPS) is 20.3. The van der Waals surface area contributed by atoms with E-state index in [9.17, 15) is 19.2 Å². The zero-order valence-electron chi connectivity index (χ0n) is 15.9. The summed E-state index contributed by atoms with van der Waals surface area (Å²) in [7, 11) is 0. The van der Waals surface area contributed by atoms with Crippen molar-refractivity contribution >= 4 is 75.5 Å². The Morgan fingerprint density at radius 1 is 1.32 bits per heavy atom. The summed E-state index contributed by atoms with van der Waals surface area (Å²) < 4.78 is 0. The molecule has 2 aromatic heterocycles. The number of fused-ring (bicyclic) bond motifs is 1. The Hall–Kier alpha value is -2.15. The number of carbonyl (C=O) groups excluding carboxylic acids is 3. The van der Waals surface area contributed by atoms with Crippen molar-refractivity contribution in [2.24, 2.45) is 0 Å². The molecule has 4 heterocycles. The lowest BCUT2D eigenvalue weighted by Gasteiger charge is -2.49. The van der Waals surface area contributed by atoms with Crippen molar-refractivity contribution in [2.75, 3.05) is 5.75 Å². The fraction of sp³-hybridized carbons (Fsp3) is 0.316. The molecule has 0 aromatic carbocycles. The fourth-order valence-electron chi connectivity index (χ4n) is 3.38. The number of carbonyl (C=O) groups is 4. The Morgan fingerprint density at radius 3 is 2.81 bits per heavy atom. The van der Waals surface area contributed by atoms with Gasteiger partial charge in [-0.2, -0.15) is 11.3 Å². The highest BCUT2D eigenvalue weighted by molar-refractivity contribution is 8.00.